The smallest absolute Gasteiger partial charge is 0.347 e. The zero-order chi connectivity index (χ0) is 18.7. The summed E-state index contributed by atoms with van der Waals surface area (Å²) in [5, 5.41) is 6.34. The van der Waals surface area contributed by atoms with E-state index in [1.165, 1.54) is 12.1 Å². The van der Waals surface area contributed by atoms with Gasteiger partial charge >= 0.3 is 6.18 Å². The van der Waals surface area contributed by atoms with Crippen LogP contribution in [0.1, 0.15) is 23.4 Å². The zero-order valence-corrected chi connectivity index (χ0v) is 15.2. The Morgan fingerprint density at radius 2 is 1.81 bits per heavy atom. The molecule has 3 rings (SSSR count). The number of piperidine rings is 1. The molecule has 4 nitrogen and oxygen atoms in total. The first-order valence-electron chi connectivity index (χ1n) is 8.43. The van der Waals surface area contributed by atoms with Crippen LogP contribution in [-0.2, 0) is 12.6 Å². The number of alkyl halides is 3. The molecule has 0 radical (unpaired) electrons. The van der Waals surface area contributed by atoms with Crippen LogP contribution in [0.4, 0.5) is 22.7 Å². The molecule has 0 amide bonds. The van der Waals surface area contributed by atoms with Gasteiger partial charge in [-0.3, -0.25) is 0 Å². The van der Waals surface area contributed by atoms with E-state index in [-0.39, 0.29) is 11.9 Å². The molecular formula is C17H20F4N4S. The van der Waals surface area contributed by atoms with E-state index in [1.54, 1.807) is 19.2 Å². The fraction of sp³-hybridized carbons (Fsp3) is 0.529. The van der Waals surface area contributed by atoms with Gasteiger partial charge in [0.15, 0.2) is 0 Å². The third-order valence-electron chi connectivity index (χ3n) is 4.69. The van der Waals surface area contributed by atoms with Gasteiger partial charge in [-0.2, -0.15) is 13.2 Å². The van der Waals surface area contributed by atoms with Crippen LogP contribution in [0.15, 0.2) is 24.3 Å². The average Bonchev–Trinajstić information content (AvgIpc) is 3.12. The molecule has 26 heavy (non-hydrogen) atoms. The molecule has 1 aliphatic rings. The second kappa shape index (κ2) is 7.87. The number of likely N-dealkylation sites (tertiary alicyclic amines) is 1. The van der Waals surface area contributed by atoms with Gasteiger partial charge in [0.1, 0.15) is 5.82 Å². The first kappa shape index (κ1) is 19.0. The molecule has 1 fully saturated rings. The van der Waals surface area contributed by atoms with E-state index < -0.39 is 11.2 Å². The monoisotopic (exact) mass is 388 g/mol. The minimum absolute atomic E-state index is 0.158. The van der Waals surface area contributed by atoms with Crippen molar-refractivity contribution in [2.75, 3.05) is 31.6 Å². The van der Waals surface area contributed by atoms with Crippen LogP contribution in [-0.4, -0.2) is 47.8 Å². The molecule has 1 aromatic heterocycles. The van der Waals surface area contributed by atoms with Crippen molar-refractivity contribution < 1.29 is 17.6 Å². The molecular weight excluding hydrogens is 368 g/mol. The minimum Gasteiger partial charge on any atom is -0.347 e. The number of aromatic nitrogens is 2. The highest BCUT2D eigenvalue weighted by Gasteiger charge is 2.36. The number of rotatable bonds is 5. The molecule has 0 unspecified atom stereocenters. The second-order valence-corrected chi connectivity index (χ2v) is 7.40. The number of benzene rings is 1. The SMILES string of the molecule is CN(c1nnc(C(F)(F)F)s1)C1CCN(CCc2ccc(F)cc2)CC1. The minimum atomic E-state index is -4.44. The fourth-order valence-corrected chi connectivity index (χ4v) is 3.84. The van der Waals surface area contributed by atoms with Gasteiger partial charge < -0.3 is 9.80 Å². The number of nitrogens with zero attached hydrogens (tertiary/aromatic N) is 4. The summed E-state index contributed by atoms with van der Waals surface area (Å²) in [7, 11) is 1.78. The molecule has 0 bridgehead atoms. The lowest BCUT2D eigenvalue weighted by atomic mass is 10.0. The maximum atomic E-state index is 12.9. The zero-order valence-electron chi connectivity index (χ0n) is 14.3. The third kappa shape index (κ3) is 4.70. The van der Waals surface area contributed by atoms with Crippen LogP contribution in [0.3, 0.4) is 0 Å². The predicted molar refractivity (Wildman–Crippen MR) is 92.9 cm³/mol. The van der Waals surface area contributed by atoms with Crippen molar-refractivity contribution in [3.05, 3.63) is 40.7 Å². The van der Waals surface area contributed by atoms with Crippen molar-refractivity contribution in [3.63, 3.8) is 0 Å². The quantitative estimate of drug-likeness (QED) is 0.729. The number of anilines is 1. The maximum absolute atomic E-state index is 12.9. The van der Waals surface area contributed by atoms with E-state index in [0.717, 1.165) is 44.5 Å². The van der Waals surface area contributed by atoms with Crippen molar-refractivity contribution in [2.24, 2.45) is 0 Å². The predicted octanol–water partition coefficient (Wildman–Crippen LogP) is 3.84. The second-order valence-electron chi connectivity index (χ2n) is 6.45. The van der Waals surface area contributed by atoms with E-state index >= 15 is 0 Å². The molecule has 2 aromatic rings. The lowest BCUT2D eigenvalue weighted by molar-refractivity contribution is -0.138. The van der Waals surface area contributed by atoms with Gasteiger partial charge in [0.05, 0.1) is 0 Å². The summed E-state index contributed by atoms with van der Waals surface area (Å²) in [5.74, 6) is -0.233. The average molecular weight is 388 g/mol. The van der Waals surface area contributed by atoms with Gasteiger partial charge in [-0.15, -0.1) is 10.2 Å². The summed E-state index contributed by atoms with van der Waals surface area (Å²) in [5.41, 5.74) is 1.10. The van der Waals surface area contributed by atoms with Crippen LogP contribution in [0.25, 0.3) is 0 Å². The molecule has 1 saturated heterocycles. The molecule has 1 aromatic carbocycles. The van der Waals surface area contributed by atoms with Crippen LogP contribution in [0, 0.1) is 5.82 Å². The van der Waals surface area contributed by atoms with Crippen molar-refractivity contribution in [1.82, 2.24) is 15.1 Å². The molecule has 0 atom stereocenters. The van der Waals surface area contributed by atoms with Crippen molar-refractivity contribution in [2.45, 2.75) is 31.5 Å². The molecule has 9 heteroatoms. The van der Waals surface area contributed by atoms with E-state index in [1.807, 2.05) is 4.90 Å². The summed E-state index contributed by atoms with van der Waals surface area (Å²) in [6, 6.07) is 6.68. The molecule has 0 saturated carbocycles. The summed E-state index contributed by atoms with van der Waals surface area (Å²) >= 11 is 0.586. The summed E-state index contributed by atoms with van der Waals surface area (Å²) in [6.45, 7) is 2.64. The van der Waals surface area contributed by atoms with E-state index in [4.69, 9.17) is 0 Å². The van der Waals surface area contributed by atoms with Crippen LogP contribution in [0.2, 0.25) is 0 Å². The van der Waals surface area contributed by atoms with Gasteiger partial charge in [0, 0.05) is 32.7 Å². The van der Waals surface area contributed by atoms with Crippen LogP contribution in [0.5, 0.6) is 0 Å². The summed E-state index contributed by atoms with van der Waals surface area (Å²) in [4.78, 5) is 4.14. The Bertz CT molecular complexity index is 708. The van der Waals surface area contributed by atoms with Crippen molar-refractivity contribution in [3.8, 4) is 0 Å². The molecule has 2 heterocycles. The fourth-order valence-electron chi connectivity index (χ4n) is 3.10. The Morgan fingerprint density at radius 1 is 1.15 bits per heavy atom. The van der Waals surface area contributed by atoms with E-state index in [0.29, 0.717) is 16.5 Å². The standard InChI is InChI=1S/C17H20F4N4S/c1-24(16-23-22-15(26-16)17(19,20)21)14-7-10-25(11-8-14)9-6-12-2-4-13(18)5-3-12/h2-5,14H,6-11H2,1H3. The Morgan fingerprint density at radius 3 is 2.38 bits per heavy atom. The van der Waals surface area contributed by atoms with Gasteiger partial charge in [-0.1, -0.05) is 23.5 Å². The first-order valence-corrected chi connectivity index (χ1v) is 9.25. The normalized spacial score (nSPS) is 16.8. The Labute approximate surface area is 153 Å². The van der Waals surface area contributed by atoms with E-state index in [2.05, 4.69) is 15.1 Å². The van der Waals surface area contributed by atoms with Gasteiger partial charge in [-0.05, 0) is 37.0 Å². The summed E-state index contributed by atoms with van der Waals surface area (Å²) < 4.78 is 50.9. The largest absolute Gasteiger partial charge is 0.445 e. The lowest BCUT2D eigenvalue weighted by Crippen LogP contribution is -2.44. The number of hydrogen-bond donors (Lipinski definition) is 0. The van der Waals surface area contributed by atoms with Gasteiger partial charge in [0.25, 0.3) is 0 Å². The maximum Gasteiger partial charge on any atom is 0.445 e. The van der Waals surface area contributed by atoms with Crippen LogP contribution >= 0.6 is 11.3 Å². The van der Waals surface area contributed by atoms with Crippen molar-refractivity contribution in [1.29, 1.82) is 0 Å². The Hall–Kier alpha value is -1.74. The molecule has 0 aliphatic carbocycles. The summed E-state index contributed by atoms with van der Waals surface area (Å²) in [6.07, 6.45) is -1.87. The lowest BCUT2D eigenvalue weighted by Gasteiger charge is -2.36. The molecule has 1 aliphatic heterocycles. The highest BCUT2D eigenvalue weighted by molar-refractivity contribution is 7.15. The highest BCUT2D eigenvalue weighted by atomic mass is 32.1. The van der Waals surface area contributed by atoms with Gasteiger partial charge in [0.2, 0.25) is 10.1 Å². The topological polar surface area (TPSA) is 32.3 Å². The van der Waals surface area contributed by atoms with Crippen LogP contribution < -0.4 is 4.90 Å². The molecule has 142 valence electrons. The molecule has 0 N–H and O–H groups in total. The highest BCUT2D eigenvalue weighted by Crippen LogP contribution is 2.35. The number of hydrogen-bond acceptors (Lipinski definition) is 5. The van der Waals surface area contributed by atoms with E-state index in [9.17, 15) is 17.6 Å². The molecule has 0 spiro atoms. The first-order chi connectivity index (χ1) is 12.3. The number of halogens is 4. The Kier molecular flexibility index (Phi) is 5.76. The van der Waals surface area contributed by atoms with Crippen molar-refractivity contribution >= 4 is 16.5 Å². The van der Waals surface area contributed by atoms with Gasteiger partial charge in [-0.25, -0.2) is 4.39 Å². The third-order valence-corrected chi connectivity index (χ3v) is 5.75. The Balaban J connectivity index is 1.48.